The number of carbonyl (C=O) groups is 1. The number of amides is 1. The first-order valence-corrected chi connectivity index (χ1v) is 8.54. The summed E-state index contributed by atoms with van der Waals surface area (Å²) in [5.41, 5.74) is 2.04. The number of aromatic nitrogens is 1. The van der Waals surface area contributed by atoms with Crippen LogP contribution in [0.3, 0.4) is 0 Å². The predicted molar refractivity (Wildman–Crippen MR) is 108 cm³/mol. The van der Waals surface area contributed by atoms with Crippen molar-refractivity contribution in [1.29, 1.82) is 0 Å². The molecule has 7 nitrogen and oxygen atoms in total. The van der Waals surface area contributed by atoms with E-state index in [1.54, 1.807) is 44.7 Å². The molecule has 0 saturated heterocycles. The van der Waals surface area contributed by atoms with E-state index in [1.807, 2.05) is 30.3 Å². The number of nitrogens with zero attached hydrogens (tertiary/aromatic N) is 1. The van der Waals surface area contributed by atoms with Gasteiger partial charge < -0.3 is 24.8 Å². The lowest BCUT2D eigenvalue weighted by atomic mass is 10.2. The van der Waals surface area contributed by atoms with Gasteiger partial charge in [-0.2, -0.15) is 0 Å². The molecule has 28 heavy (non-hydrogen) atoms. The number of benzene rings is 2. The third-order valence-corrected chi connectivity index (χ3v) is 4.04. The normalized spacial score (nSPS) is 10.1. The van der Waals surface area contributed by atoms with E-state index >= 15 is 0 Å². The highest BCUT2D eigenvalue weighted by atomic mass is 16.5. The Bertz CT molecular complexity index is 958. The van der Waals surface area contributed by atoms with E-state index in [0.717, 1.165) is 17.1 Å². The summed E-state index contributed by atoms with van der Waals surface area (Å²) in [6, 6.07) is 16.1. The number of pyridine rings is 1. The third kappa shape index (κ3) is 4.32. The van der Waals surface area contributed by atoms with E-state index in [-0.39, 0.29) is 5.91 Å². The summed E-state index contributed by atoms with van der Waals surface area (Å²) < 4.78 is 15.7. The Labute approximate surface area is 163 Å². The second-order valence-electron chi connectivity index (χ2n) is 5.78. The van der Waals surface area contributed by atoms with E-state index in [0.29, 0.717) is 22.9 Å². The summed E-state index contributed by atoms with van der Waals surface area (Å²) in [4.78, 5) is 16.7. The molecule has 1 amide bonds. The first-order chi connectivity index (χ1) is 13.6. The zero-order chi connectivity index (χ0) is 19.9. The van der Waals surface area contributed by atoms with Gasteiger partial charge in [0.15, 0.2) is 11.5 Å². The maximum atomic E-state index is 12.5. The minimum atomic E-state index is -0.293. The molecule has 0 aliphatic heterocycles. The van der Waals surface area contributed by atoms with E-state index in [2.05, 4.69) is 15.6 Å². The summed E-state index contributed by atoms with van der Waals surface area (Å²) >= 11 is 0. The van der Waals surface area contributed by atoms with E-state index < -0.39 is 0 Å². The van der Waals surface area contributed by atoms with Crippen LogP contribution >= 0.6 is 0 Å². The number of carbonyl (C=O) groups excluding carboxylic acids is 1. The Morgan fingerprint density at radius 2 is 1.61 bits per heavy atom. The maximum absolute atomic E-state index is 12.5. The molecule has 144 valence electrons. The first-order valence-electron chi connectivity index (χ1n) is 8.54. The van der Waals surface area contributed by atoms with Crippen molar-refractivity contribution in [2.45, 2.75) is 0 Å². The molecule has 0 unspecified atom stereocenters. The van der Waals surface area contributed by atoms with Gasteiger partial charge in [-0.25, -0.2) is 4.98 Å². The number of ether oxygens (including phenoxy) is 3. The monoisotopic (exact) mass is 379 g/mol. The number of anilines is 3. The van der Waals surface area contributed by atoms with Crippen LogP contribution in [0.15, 0.2) is 60.8 Å². The van der Waals surface area contributed by atoms with Gasteiger partial charge in [0.25, 0.3) is 5.91 Å². The van der Waals surface area contributed by atoms with Crippen molar-refractivity contribution in [3.8, 4) is 17.2 Å². The summed E-state index contributed by atoms with van der Waals surface area (Å²) in [7, 11) is 4.68. The van der Waals surface area contributed by atoms with Crippen molar-refractivity contribution < 1.29 is 19.0 Å². The molecule has 2 N–H and O–H groups in total. The van der Waals surface area contributed by atoms with Crippen molar-refractivity contribution >= 4 is 23.1 Å². The molecule has 7 heteroatoms. The van der Waals surface area contributed by atoms with E-state index in [1.165, 1.54) is 7.11 Å². The molecule has 0 saturated carbocycles. The fourth-order valence-corrected chi connectivity index (χ4v) is 2.61. The maximum Gasteiger partial charge on any atom is 0.256 e. The van der Waals surface area contributed by atoms with Crippen molar-refractivity contribution in [1.82, 2.24) is 4.98 Å². The third-order valence-electron chi connectivity index (χ3n) is 4.04. The highest BCUT2D eigenvalue weighted by Gasteiger charge is 2.11. The smallest absolute Gasteiger partial charge is 0.256 e. The lowest BCUT2D eigenvalue weighted by Gasteiger charge is -2.12. The lowest BCUT2D eigenvalue weighted by molar-refractivity contribution is 0.102. The molecular formula is C21H21N3O4. The number of hydrogen-bond acceptors (Lipinski definition) is 6. The molecule has 1 aromatic heterocycles. The summed E-state index contributed by atoms with van der Waals surface area (Å²) in [6.07, 6.45) is 1.64. The average Bonchev–Trinajstić information content (AvgIpc) is 2.74. The number of nitrogens with one attached hydrogen (secondary N) is 2. The molecule has 0 radical (unpaired) electrons. The topological polar surface area (TPSA) is 81.7 Å². The number of para-hydroxylation sites is 2. The Morgan fingerprint density at radius 1 is 0.857 bits per heavy atom. The molecule has 3 rings (SSSR count). The highest BCUT2D eigenvalue weighted by Crippen LogP contribution is 2.28. The average molecular weight is 379 g/mol. The van der Waals surface area contributed by atoms with Gasteiger partial charge in [0.2, 0.25) is 0 Å². The molecule has 0 fully saturated rings. The molecule has 1 heterocycles. The lowest BCUT2D eigenvalue weighted by Crippen LogP contribution is -2.13. The van der Waals surface area contributed by atoms with Crippen LogP contribution in [0, 0.1) is 0 Å². The van der Waals surface area contributed by atoms with Crippen LogP contribution < -0.4 is 24.8 Å². The quantitative estimate of drug-likeness (QED) is 0.643. The second kappa shape index (κ2) is 8.77. The summed E-state index contributed by atoms with van der Waals surface area (Å²) in [5, 5.41) is 5.99. The van der Waals surface area contributed by atoms with Gasteiger partial charge in [-0.1, -0.05) is 12.1 Å². The number of methoxy groups -OCH3 is 3. The van der Waals surface area contributed by atoms with Gasteiger partial charge in [-0.3, -0.25) is 4.79 Å². The van der Waals surface area contributed by atoms with Gasteiger partial charge in [-0.15, -0.1) is 0 Å². The van der Waals surface area contributed by atoms with Gasteiger partial charge in [-0.05, 0) is 42.5 Å². The molecule has 0 aliphatic rings. The molecule has 0 atom stereocenters. The zero-order valence-electron chi connectivity index (χ0n) is 15.9. The van der Waals surface area contributed by atoms with Crippen LogP contribution in [-0.4, -0.2) is 32.2 Å². The Kier molecular flexibility index (Phi) is 5.96. The van der Waals surface area contributed by atoms with Gasteiger partial charge >= 0.3 is 0 Å². The molecule has 2 aromatic carbocycles. The largest absolute Gasteiger partial charge is 0.495 e. The van der Waals surface area contributed by atoms with Crippen LogP contribution in [0.1, 0.15) is 10.4 Å². The first kappa shape index (κ1) is 19.0. The highest BCUT2D eigenvalue weighted by molar-refractivity contribution is 6.04. The number of rotatable bonds is 7. The molecule has 0 spiro atoms. The minimum Gasteiger partial charge on any atom is -0.495 e. The van der Waals surface area contributed by atoms with Crippen LogP contribution in [-0.2, 0) is 0 Å². The Hall–Kier alpha value is -3.74. The van der Waals surface area contributed by atoms with Crippen LogP contribution in [0.5, 0.6) is 17.2 Å². The molecular weight excluding hydrogens is 358 g/mol. The van der Waals surface area contributed by atoms with Gasteiger partial charge in [0.05, 0.1) is 38.9 Å². The predicted octanol–water partition coefficient (Wildman–Crippen LogP) is 4.10. The van der Waals surface area contributed by atoms with Crippen LogP contribution in [0.2, 0.25) is 0 Å². The Balaban J connectivity index is 1.69. The van der Waals surface area contributed by atoms with Crippen LogP contribution in [0.25, 0.3) is 0 Å². The fourth-order valence-electron chi connectivity index (χ4n) is 2.61. The van der Waals surface area contributed by atoms with Crippen molar-refractivity contribution in [3.63, 3.8) is 0 Å². The van der Waals surface area contributed by atoms with E-state index in [4.69, 9.17) is 14.2 Å². The molecule has 0 bridgehead atoms. The standard InChI is InChI=1S/C21H21N3O4/c1-26-17-7-5-4-6-16(17)23-15-9-11-20(22-13-15)24-21(25)14-8-10-18(27-2)19(12-14)28-3/h4-13,23H,1-3H3,(H,22,24,25). The zero-order valence-corrected chi connectivity index (χ0v) is 15.9. The van der Waals surface area contributed by atoms with Crippen LogP contribution in [0.4, 0.5) is 17.2 Å². The molecule has 0 aliphatic carbocycles. The van der Waals surface area contributed by atoms with Crippen molar-refractivity contribution in [2.24, 2.45) is 0 Å². The number of hydrogen-bond donors (Lipinski definition) is 2. The van der Waals surface area contributed by atoms with Gasteiger partial charge in [0.1, 0.15) is 11.6 Å². The second-order valence-corrected chi connectivity index (χ2v) is 5.78. The SMILES string of the molecule is COc1ccccc1Nc1ccc(NC(=O)c2ccc(OC)c(OC)c2)nc1. The molecule has 3 aromatic rings. The van der Waals surface area contributed by atoms with Crippen molar-refractivity contribution in [2.75, 3.05) is 32.0 Å². The fraction of sp³-hybridized carbons (Fsp3) is 0.143. The summed E-state index contributed by atoms with van der Waals surface area (Å²) in [6.45, 7) is 0. The van der Waals surface area contributed by atoms with Gasteiger partial charge in [0, 0.05) is 5.56 Å². The van der Waals surface area contributed by atoms with E-state index in [9.17, 15) is 4.79 Å². The summed E-state index contributed by atoms with van der Waals surface area (Å²) in [5.74, 6) is 1.92. The van der Waals surface area contributed by atoms with Crippen molar-refractivity contribution in [3.05, 3.63) is 66.4 Å². The Morgan fingerprint density at radius 3 is 2.29 bits per heavy atom. The minimum absolute atomic E-state index is 0.293.